The molecule has 0 bridgehead atoms. The summed E-state index contributed by atoms with van der Waals surface area (Å²) in [6, 6.07) is 7.39. The van der Waals surface area contributed by atoms with Crippen LogP contribution in [0.1, 0.15) is 24.1 Å². The van der Waals surface area contributed by atoms with Crippen LogP contribution in [-0.2, 0) is 10.0 Å². The van der Waals surface area contributed by atoms with Crippen molar-refractivity contribution in [3.05, 3.63) is 35.4 Å². The maximum absolute atomic E-state index is 11.7. The first-order valence-corrected chi connectivity index (χ1v) is 8.23. The Morgan fingerprint density at radius 2 is 1.90 bits per heavy atom. The second-order valence-corrected chi connectivity index (χ2v) is 6.48. The number of urea groups is 1. The third kappa shape index (κ3) is 6.03. The van der Waals surface area contributed by atoms with Gasteiger partial charge in [-0.1, -0.05) is 24.3 Å². The maximum atomic E-state index is 11.7. The topological polar surface area (TPSA) is 87.3 Å². The van der Waals surface area contributed by atoms with Crippen LogP contribution in [-0.4, -0.2) is 33.8 Å². The van der Waals surface area contributed by atoms with Crippen LogP contribution in [0.2, 0.25) is 0 Å². The van der Waals surface area contributed by atoms with Crippen molar-refractivity contribution in [2.24, 2.45) is 0 Å². The lowest BCUT2D eigenvalue weighted by Crippen LogP contribution is -2.41. The van der Waals surface area contributed by atoms with E-state index in [1.807, 2.05) is 38.1 Å². The van der Waals surface area contributed by atoms with Gasteiger partial charge in [0.05, 0.1) is 12.3 Å². The Kier molecular flexibility index (Phi) is 5.97. The Labute approximate surface area is 120 Å². The lowest BCUT2D eigenvalue weighted by atomic mass is 10.0. The summed E-state index contributed by atoms with van der Waals surface area (Å²) in [5, 5.41) is 5.41. The first-order valence-electron chi connectivity index (χ1n) is 6.34. The Morgan fingerprint density at radius 3 is 2.50 bits per heavy atom. The molecular formula is C13H21N3O3S. The van der Waals surface area contributed by atoms with Gasteiger partial charge in [0, 0.05) is 13.1 Å². The molecule has 3 N–H and O–H groups in total. The summed E-state index contributed by atoms with van der Waals surface area (Å²) in [4.78, 5) is 11.7. The third-order valence-electron chi connectivity index (χ3n) is 2.78. The number of hydrogen-bond donors (Lipinski definition) is 3. The minimum atomic E-state index is -3.22. The van der Waals surface area contributed by atoms with Crippen LogP contribution < -0.4 is 15.4 Å². The molecule has 0 fully saturated rings. The maximum Gasteiger partial charge on any atom is 0.315 e. The van der Waals surface area contributed by atoms with E-state index in [1.165, 1.54) is 0 Å². The zero-order valence-corrected chi connectivity index (χ0v) is 12.8. The monoisotopic (exact) mass is 299 g/mol. The summed E-state index contributed by atoms with van der Waals surface area (Å²) in [5.74, 6) is 0. The molecule has 0 heterocycles. The highest BCUT2D eigenvalue weighted by atomic mass is 32.2. The fourth-order valence-corrected chi connectivity index (χ4v) is 2.28. The molecular weight excluding hydrogens is 278 g/mol. The number of hydrogen-bond acceptors (Lipinski definition) is 3. The minimum absolute atomic E-state index is 0.112. The molecule has 6 nitrogen and oxygen atoms in total. The predicted molar refractivity (Wildman–Crippen MR) is 79.0 cm³/mol. The fourth-order valence-electron chi connectivity index (χ4n) is 1.81. The summed E-state index contributed by atoms with van der Waals surface area (Å²) in [7, 11) is -3.22. The van der Waals surface area contributed by atoms with Crippen LogP contribution in [0.25, 0.3) is 0 Å². The van der Waals surface area contributed by atoms with Crippen LogP contribution in [0, 0.1) is 6.92 Å². The highest BCUT2D eigenvalue weighted by molar-refractivity contribution is 7.88. The van der Waals surface area contributed by atoms with Gasteiger partial charge in [-0.2, -0.15) is 0 Å². The van der Waals surface area contributed by atoms with Crippen molar-refractivity contribution in [3.63, 3.8) is 0 Å². The van der Waals surface area contributed by atoms with Crippen LogP contribution in [0.3, 0.4) is 0 Å². The molecule has 0 radical (unpaired) electrons. The number of aryl methyl sites for hydroxylation is 1. The first kappa shape index (κ1) is 16.5. The second kappa shape index (κ2) is 7.25. The quantitative estimate of drug-likeness (QED) is 0.682. The molecule has 1 aromatic carbocycles. The Hall–Kier alpha value is -1.60. The summed E-state index contributed by atoms with van der Waals surface area (Å²) in [6.45, 7) is 4.29. The predicted octanol–water partition coefficient (Wildman–Crippen LogP) is 0.904. The van der Waals surface area contributed by atoms with E-state index >= 15 is 0 Å². The highest BCUT2D eigenvalue weighted by Gasteiger charge is 2.10. The highest BCUT2D eigenvalue weighted by Crippen LogP contribution is 2.16. The first-order chi connectivity index (χ1) is 9.29. The van der Waals surface area contributed by atoms with Crippen molar-refractivity contribution in [1.82, 2.24) is 15.4 Å². The Balaban J connectivity index is 2.37. The third-order valence-corrected chi connectivity index (χ3v) is 3.51. The number of sulfonamides is 1. The van der Waals surface area contributed by atoms with Gasteiger partial charge in [0.15, 0.2) is 0 Å². The van der Waals surface area contributed by atoms with E-state index in [0.717, 1.165) is 17.4 Å². The van der Waals surface area contributed by atoms with Gasteiger partial charge in [-0.3, -0.25) is 0 Å². The zero-order valence-electron chi connectivity index (χ0n) is 11.9. The standard InChI is InChI=1S/C13H21N3O3S/c1-10-6-4-5-7-12(10)11(2)16-13(17)14-8-9-15-20(3,18)19/h4-7,11,15H,8-9H2,1-3H3,(H2,14,16,17). The molecule has 1 aromatic rings. The van der Waals surface area contributed by atoms with Crippen molar-refractivity contribution >= 4 is 16.1 Å². The number of carbonyl (C=O) groups is 1. The van der Waals surface area contributed by atoms with Crippen molar-refractivity contribution < 1.29 is 13.2 Å². The van der Waals surface area contributed by atoms with Crippen molar-refractivity contribution in [1.29, 1.82) is 0 Å². The van der Waals surface area contributed by atoms with Crippen LogP contribution in [0.5, 0.6) is 0 Å². The summed E-state index contributed by atoms with van der Waals surface area (Å²) in [5.41, 5.74) is 2.16. The molecule has 0 saturated carbocycles. The fraction of sp³-hybridized carbons (Fsp3) is 0.462. The lowest BCUT2D eigenvalue weighted by molar-refractivity contribution is 0.238. The van der Waals surface area contributed by atoms with Gasteiger partial charge in [0.25, 0.3) is 0 Å². The molecule has 112 valence electrons. The smallest absolute Gasteiger partial charge is 0.315 e. The van der Waals surface area contributed by atoms with Crippen molar-refractivity contribution in [3.8, 4) is 0 Å². The van der Waals surface area contributed by atoms with Crippen molar-refractivity contribution in [2.75, 3.05) is 19.3 Å². The van der Waals surface area contributed by atoms with E-state index < -0.39 is 10.0 Å². The molecule has 20 heavy (non-hydrogen) atoms. The number of nitrogens with one attached hydrogen (secondary N) is 3. The molecule has 1 atom stereocenters. The second-order valence-electron chi connectivity index (χ2n) is 4.65. The number of rotatable bonds is 6. The molecule has 0 spiro atoms. The average Bonchev–Trinajstić information content (AvgIpc) is 2.34. The Morgan fingerprint density at radius 1 is 1.25 bits per heavy atom. The van der Waals surface area contributed by atoms with Gasteiger partial charge in [0.1, 0.15) is 0 Å². The summed E-state index contributed by atoms with van der Waals surface area (Å²) in [6.07, 6.45) is 1.08. The van der Waals surface area contributed by atoms with Crippen LogP contribution in [0.4, 0.5) is 4.79 Å². The average molecular weight is 299 g/mol. The lowest BCUT2D eigenvalue weighted by Gasteiger charge is -2.17. The normalized spacial score (nSPS) is 12.8. The summed E-state index contributed by atoms with van der Waals surface area (Å²) >= 11 is 0. The van der Waals surface area contributed by atoms with Crippen molar-refractivity contribution in [2.45, 2.75) is 19.9 Å². The van der Waals surface area contributed by atoms with E-state index in [4.69, 9.17) is 0 Å². The van der Waals surface area contributed by atoms with Gasteiger partial charge < -0.3 is 10.6 Å². The molecule has 7 heteroatoms. The van der Waals surface area contributed by atoms with Gasteiger partial charge in [-0.25, -0.2) is 17.9 Å². The molecule has 0 saturated heterocycles. The number of benzene rings is 1. The van der Waals surface area contributed by atoms with E-state index in [0.29, 0.717) is 0 Å². The van der Waals surface area contributed by atoms with Gasteiger partial charge >= 0.3 is 6.03 Å². The van der Waals surface area contributed by atoms with Gasteiger partial charge in [-0.15, -0.1) is 0 Å². The molecule has 0 aliphatic carbocycles. The van der Waals surface area contributed by atoms with Crippen LogP contribution in [0.15, 0.2) is 24.3 Å². The van der Waals surface area contributed by atoms with E-state index in [2.05, 4.69) is 15.4 Å². The van der Waals surface area contributed by atoms with Gasteiger partial charge in [0.2, 0.25) is 10.0 Å². The minimum Gasteiger partial charge on any atom is -0.337 e. The number of carbonyl (C=O) groups excluding carboxylic acids is 1. The molecule has 2 amide bonds. The molecule has 0 aliphatic heterocycles. The summed E-state index contributed by atoms with van der Waals surface area (Å²) < 4.78 is 24.0. The van der Waals surface area contributed by atoms with E-state index in [9.17, 15) is 13.2 Å². The molecule has 1 unspecified atom stereocenters. The largest absolute Gasteiger partial charge is 0.337 e. The van der Waals surface area contributed by atoms with E-state index in [-0.39, 0.29) is 25.2 Å². The molecule has 0 aromatic heterocycles. The van der Waals surface area contributed by atoms with E-state index in [1.54, 1.807) is 0 Å². The zero-order chi connectivity index (χ0) is 15.2. The molecule has 0 aliphatic rings. The van der Waals surface area contributed by atoms with Crippen LogP contribution >= 0.6 is 0 Å². The van der Waals surface area contributed by atoms with Gasteiger partial charge in [-0.05, 0) is 25.0 Å². The number of amides is 2. The Bertz CT molecular complexity index is 558. The SMILES string of the molecule is Cc1ccccc1C(C)NC(=O)NCCNS(C)(=O)=O. The molecule has 1 rings (SSSR count).